The van der Waals surface area contributed by atoms with Crippen LogP contribution in [-0.4, -0.2) is 21.9 Å². The molecule has 1 heterocycles. The maximum absolute atomic E-state index is 14.1. The van der Waals surface area contributed by atoms with E-state index >= 15 is 0 Å². The van der Waals surface area contributed by atoms with E-state index in [0.717, 1.165) is 0 Å². The van der Waals surface area contributed by atoms with Crippen LogP contribution < -0.4 is 4.74 Å². The Morgan fingerprint density at radius 1 is 1.47 bits per heavy atom. The van der Waals surface area contributed by atoms with Crippen molar-refractivity contribution in [2.45, 2.75) is 20.4 Å². The van der Waals surface area contributed by atoms with Crippen LogP contribution >= 0.6 is 12.2 Å². The Balaban J connectivity index is 2.50. The molecule has 0 aliphatic heterocycles. The monoisotopic (exact) mass is 281 g/mol. The fraction of sp³-hybridized carbons (Fsp3) is 0.385. The lowest BCUT2D eigenvalue weighted by Crippen LogP contribution is -2.07. The zero-order valence-corrected chi connectivity index (χ0v) is 11.9. The number of halogens is 1. The smallest absolute Gasteiger partial charge is 0.195 e. The van der Waals surface area contributed by atoms with Crippen molar-refractivity contribution in [2.24, 2.45) is 5.92 Å². The van der Waals surface area contributed by atoms with Crippen molar-refractivity contribution in [1.29, 1.82) is 0 Å². The summed E-state index contributed by atoms with van der Waals surface area (Å²) >= 11 is 5.18. The van der Waals surface area contributed by atoms with Gasteiger partial charge in [0.2, 0.25) is 0 Å². The van der Waals surface area contributed by atoms with E-state index < -0.39 is 0 Å². The summed E-state index contributed by atoms with van der Waals surface area (Å²) in [6.45, 7) is 4.84. The summed E-state index contributed by atoms with van der Waals surface area (Å²) in [5.74, 6) is 1.01. The van der Waals surface area contributed by atoms with E-state index in [1.807, 2.05) is 4.57 Å². The predicted molar refractivity (Wildman–Crippen MR) is 74.2 cm³/mol. The molecule has 0 aliphatic carbocycles. The van der Waals surface area contributed by atoms with Gasteiger partial charge >= 0.3 is 0 Å². The number of H-pyrrole nitrogens is 1. The van der Waals surface area contributed by atoms with E-state index in [1.54, 1.807) is 12.1 Å². The minimum Gasteiger partial charge on any atom is -0.497 e. The van der Waals surface area contributed by atoms with Crippen LogP contribution in [0.3, 0.4) is 0 Å². The molecule has 19 heavy (non-hydrogen) atoms. The third-order valence-corrected chi connectivity index (χ3v) is 3.03. The number of nitrogens with one attached hydrogen (secondary N) is 1. The first-order chi connectivity index (χ1) is 9.02. The third-order valence-electron chi connectivity index (χ3n) is 2.72. The Morgan fingerprint density at radius 2 is 2.21 bits per heavy atom. The molecule has 1 N–H and O–H groups in total. The highest BCUT2D eigenvalue weighted by molar-refractivity contribution is 7.71. The van der Waals surface area contributed by atoms with E-state index in [2.05, 4.69) is 24.0 Å². The number of hydrogen-bond acceptors (Lipinski definition) is 3. The Labute approximate surface area is 116 Å². The van der Waals surface area contributed by atoms with Crippen molar-refractivity contribution in [3.8, 4) is 17.1 Å². The Bertz CT molecular complexity index is 633. The van der Waals surface area contributed by atoms with Crippen LogP contribution in [0.25, 0.3) is 11.4 Å². The van der Waals surface area contributed by atoms with Gasteiger partial charge in [-0.1, -0.05) is 13.8 Å². The van der Waals surface area contributed by atoms with E-state index in [4.69, 9.17) is 17.0 Å². The average molecular weight is 281 g/mol. The molecule has 0 fully saturated rings. The van der Waals surface area contributed by atoms with E-state index in [9.17, 15) is 4.39 Å². The molecule has 0 bridgehead atoms. The number of aromatic amines is 1. The minimum atomic E-state index is -0.377. The molecule has 102 valence electrons. The maximum atomic E-state index is 14.1. The van der Waals surface area contributed by atoms with Crippen LogP contribution in [0.15, 0.2) is 18.2 Å². The van der Waals surface area contributed by atoms with E-state index in [1.165, 1.54) is 13.2 Å². The van der Waals surface area contributed by atoms with Crippen LogP contribution in [0.4, 0.5) is 4.39 Å². The summed E-state index contributed by atoms with van der Waals surface area (Å²) in [7, 11) is 1.50. The Kier molecular flexibility index (Phi) is 3.99. The summed E-state index contributed by atoms with van der Waals surface area (Å²) in [6.07, 6.45) is 0. The zero-order chi connectivity index (χ0) is 14.0. The van der Waals surface area contributed by atoms with Crippen molar-refractivity contribution in [1.82, 2.24) is 14.8 Å². The van der Waals surface area contributed by atoms with Crippen molar-refractivity contribution in [3.63, 3.8) is 0 Å². The lowest BCUT2D eigenvalue weighted by atomic mass is 10.1. The molecule has 0 saturated carbocycles. The normalized spacial score (nSPS) is 11.0. The highest BCUT2D eigenvalue weighted by Crippen LogP contribution is 2.25. The van der Waals surface area contributed by atoms with Gasteiger partial charge in [0.15, 0.2) is 10.6 Å². The van der Waals surface area contributed by atoms with Crippen LogP contribution in [0, 0.1) is 16.5 Å². The summed E-state index contributed by atoms with van der Waals surface area (Å²) in [5.41, 5.74) is 0.411. The number of hydrogen-bond donors (Lipinski definition) is 1. The van der Waals surface area contributed by atoms with Crippen molar-refractivity contribution in [2.75, 3.05) is 7.11 Å². The highest BCUT2D eigenvalue weighted by atomic mass is 32.1. The second-order valence-electron chi connectivity index (χ2n) is 4.70. The zero-order valence-electron chi connectivity index (χ0n) is 11.1. The average Bonchev–Trinajstić information content (AvgIpc) is 2.70. The number of benzene rings is 1. The molecule has 4 nitrogen and oxygen atoms in total. The van der Waals surface area contributed by atoms with Gasteiger partial charge in [-0.25, -0.2) is 4.39 Å². The molecular formula is C13H16FN3OS. The van der Waals surface area contributed by atoms with Crippen molar-refractivity contribution >= 4 is 12.2 Å². The van der Waals surface area contributed by atoms with Gasteiger partial charge in [-0.15, -0.1) is 0 Å². The molecule has 2 aromatic rings. The van der Waals surface area contributed by atoms with E-state index in [-0.39, 0.29) is 5.82 Å². The second kappa shape index (κ2) is 5.52. The highest BCUT2D eigenvalue weighted by Gasteiger charge is 2.14. The molecule has 0 aliphatic rings. The van der Waals surface area contributed by atoms with Crippen molar-refractivity contribution in [3.05, 3.63) is 28.8 Å². The summed E-state index contributed by atoms with van der Waals surface area (Å²) in [5, 5.41) is 6.84. The van der Waals surface area contributed by atoms with Gasteiger partial charge in [0.25, 0.3) is 0 Å². The summed E-state index contributed by atoms with van der Waals surface area (Å²) in [4.78, 5) is 0. The van der Waals surface area contributed by atoms with Gasteiger partial charge in [-0.2, -0.15) is 5.10 Å². The largest absolute Gasteiger partial charge is 0.497 e. The topological polar surface area (TPSA) is 42.8 Å². The molecule has 0 spiro atoms. The molecule has 0 atom stereocenters. The lowest BCUT2D eigenvalue weighted by Gasteiger charge is -2.10. The third kappa shape index (κ3) is 2.84. The fourth-order valence-corrected chi connectivity index (χ4v) is 2.07. The van der Waals surface area contributed by atoms with Crippen LogP contribution in [0.5, 0.6) is 5.75 Å². The van der Waals surface area contributed by atoms with Gasteiger partial charge in [-0.3, -0.25) is 9.67 Å². The summed E-state index contributed by atoms with van der Waals surface area (Å²) in [6, 6.07) is 4.69. The molecule has 1 aromatic carbocycles. The first-order valence-corrected chi connectivity index (χ1v) is 6.43. The standard InChI is InChI=1S/C13H16FN3OS/c1-8(2)7-17-12(15-16-13(17)19)10-5-4-9(18-3)6-11(10)14/h4-6,8H,7H2,1-3H3,(H,16,19). The first-order valence-electron chi connectivity index (χ1n) is 6.02. The predicted octanol–water partition coefficient (Wildman–Crippen LogP) is 3.41. The molecule has 0 saturated heterocycles. The van der Waals surface area contributed by atoms with Gasteiger partial charge in [0, 0.05) is 12.6 Å². The van der Waals surface area contributed by atoms with Crippen molar-refractivity contribution < 1.29 is 9.13 Å². The molecule has 2 rings (SSSR count). The Morgan fingerprint density at radius 3 is 2.79 bits per heavy atom. The minimum absolute atomic E-state index is 0.377. The lowest BCUT2D eigenvalue weighted by molar-refractivity contribution is 0.411. The molecule has 6 heteroatoms. The van der Waals surface area contributed by atoms with E-state index in [0.29, 0.717) is 34.4 Å². The van der Waals surface area contributed by atoms with Gasteiger partial charge in [-0.05, 0) is 30.3 Å². The number of nitrogens with zero attached hydrogens (tertiary/aromatic N) is 2. The summed E-state index contributed by atoms with van der Waals surface area (Å²) < 4.78 is 21.4. The number of ether oxygens (including phenoxy) is 1. The van der Waals surface area contributed by atoms with Gasteiger partial charge in [0.1, 0.15) is 11.6 Å². The second-order valence-corrected chi connectivity index (χ2v) is 5.09. The van der Waals surface area contributed by atoms with Crippen LogP contribution in [-0.2, 0) is 6.54 Å². The molecule has 0 unspecified atom stereocenters. The fourth-order valence-electron chi connectivity index (χ4n) is 1.86. The Hall–Kier alpha value is -1.69. The van der Waals surface area contributed by atoms with Gasteiger partial charge < -0.3 is 4.74 Å². The molecule has 0 radical (unpaired) electrons. The van der Waals surface area contributed by atoms with Crippen LogP contribution in [0.1, 0.15) is 13.8 Å². The quantitative estimate of drug-likeness (QED) is 0.873. The maximum Gasteiger partial charge on any atom is 0.195 e. The van der Waals surface area contributed by atoms with Crippen LogP contribution in [0.2, 0.25) is 0 Å². The number of methoxy groups -OCH3 is 1. The molecule has 0 amide bonds. The number of rotatable bonds is 4. The first kappa shape index (κ1) is 13.7. The number of aromatic nitrogens is 3. The SMILES string of the molecule is COc1ccc(-c2n[nH]c(=S)n2CC(C)C)c(F)c1. The molecule has 1 aromatic heterocycles. The van der Waals surface area contributed by atoms with Gasteiger partial charge in [0.05, 0.1) is 12.7 Å². The molecular weight excluding hydrogens is 265 g/mol.